The van der Waals surface area contributed by atoms with Gasteiger partial charge >= 0.3 is 0 Å². The molecule has 0 aromatic heterocycles. The average Bonchev–Trinajstić information content (AvgIpc) is 2.63. The smallest absolute Gasteiger partial charge is 0.119 e. The molecule has 128 valence electrons. The third kappa shape index (κ3) is 5.48. The topological polar surface area (TPSA) is 34.0 Å². The van der Waals surface area contributed by atoms with Crippen molar-refractivity contribution in [3.63, 3.8) is 0 Å². The van der Waals surface area contributed by atoms with Gasteiger partial charge in [0.2, 0.25) is 0 Å². The Bertz CT molecular complexity index is 613. The van der Waals surface area contributed by atoms with Gasteiger partial charge in [-0.3, -0.25) is 0 Å². The van der Waals surface area contributed by atoms with Gasteiger partial charge in [0.15, 0.2) is 0 Å². The molecule has 0 aliphatic carbocycles. The summed E-state index contributed by atoms with van der Waals surface area (Å²) in [6.45, 7) is 7.39. The minimum absolute atomic E-state index is 0.635. The van der Waals surface area contributed by atoms with Crippen molar-refractivity contribution in [3.8, 4) is 5.75 Å². The van der Waals surface area contributed by atoms with Crippen LogP contribution in [0.25, 0.3) is 0 Å². The van der Waals surface area contributed by atoms with Crippen LogP contribution in [0.15, 0.2) is 58.8 Å². The van der Waals surface area contributed by atoms with Gasteiger partial charge in [-0.1, -0.05) is 39.3 Å². The van der Waals surface area contributed by atoms with Crippen molar-refractivity contribution >= 4 is 11.4 Å². The fraction of sp³-hybridized carbons (Fsp3) is 0.429. The van der Waals surface area contributed by atoms with Gasteiger partial charge in [-0.25, -0.2) is 0 Å². The molecule has 0 heterocycles. The average molecular weight is 324 g/mol. The Morgan fingerprint density at radius 1 is 0.792 bits per heavy atom. The minimum Gasteiger partial charge on any atom is -0.494 e. The zero-order valence-electron chi connectivity index (χ0n) is 15.0. The Balaban J connectivity index is 1.95. The molecule has 0 saturated heterocycles. The number of ether oxygens (including phenoxy) is 1. The fourth-order valence-corrected chi connectivity index (χ4v) is 2.63. The van der Waals surface area contributed by atoms with Crippen molar-refractivity contribution in [1.29, 1.82) is 0 Å². The summed E-state index contributed by atoms with van der Waals surface area (Å²) in [6.07, 6.45) is 4.56. The van der Waals surface area contributed by atoms with Crippen LogP contribution in [0, 0.1) is 0 Å². The molecule has 0 saturated carbocycles. The molecule has 24 heavy (non-hydrogen) atoms. The lowest BCUT2D eigenvalue weighted by atomic mass is 9.94. The van der Waals surface area contributed by atoms with Crippen molar-refractivity contribution in [3.05, 3.63) is 54.1 Å². The van der Waals surface area contributed by atoms with E-state index >= 15 is 0 Å². The molecule has 0 amide bonds. The Morgan fingerprint density at radius 2 is 1.33 bits per heavy atom. The monoisotopic (exact) mass is 324 g/mol. The van der Waals surface area contributed by atoms with Crippen molar-refractivity contribution in [2.75, 3.05) is 6.61 Å². The van der Waals surface area contributed by atoms with Gasteiger partial charge in [-0.05, 0) is 67.1 Å². The lowest BCUT2D eigenvalue weighted by Crippen LogP contribution is -1.95. The highest BCUT2D eigenvalue weighted by Crippen LogP contribution is 2.26. The van der Waals surface area contributed by atoms with Crippen LogP contribution in [0.5, 0.6) is 5.75 Å². The molecular weight excluding hydrogens is 296 g/mol. The highest BCUT2D eigenvalue weighted by molar-refractivity contribution is 5.43. The summed E-state index contributed by atoms with van der Waals surface area (Å²) in [7, 11) is 0. The first-order valence-corrected chi connectivity index (χ1v) is 9.01. The highest BCUT2D eigenvalue weighted by atomic mass is 16.5. The second-order valence-electron chi connectivity index (χ2n) is 6.00. The van der Waals surface area contributed by atoms with Crippen LogP contribution in [0.2, 0.25) is 0 Å². The molecule has 0 unspecified atom stereocenters. The molecule has 3 heteroatoms. The van der Waals surface area contributed by atoms with E-state index in [0.717, 1.165) is 36.6 Å². The molecule has 2 rings (SSSR count). The van der Waals surface area contributed by atoms with Gasteiger partial charge in [0.1, 0.15) is 5.75 Å². The third-order valence-electron chi connectivity index (χ3n) is 4.23. The highest BCUT2D eigenvalue weighted by Gasteiger charge is 2.05. The molecule has 0 aliphatic heterocycles. The maximum absolute atomic E-state index is 5.65. The maximum Gasteiger partial charge on any atom is 0.119 e. The van der Waals surface area contributed by atoms with Crippen LogP contribution in [0.4, 0.5) is 11.4 Å². The van der Waals surface area contributed by atoms with Gasteiger partial charge in [0.25, 0.3) is 0 Å². The summed E-state index contributed by atoms with van der Waals surface area (Å²) in [5, 5.41) is 8.62. The van der Waals surface area contributed by atoms with E-state index in [2.05, 4.69) is 43.1 Å². The molecule has 0 fully saturated rings. The molecular formula is C21H28N2O. The number of hydrogen-bond acceptors (Lipinski definition) is 3. The summed E-state index contributed by atoms with van der Waals surface area (Å²) in [5.41, 5.74) is 3.10. The SMILES string of the molecule is CCCCOc1ccc(N=Nc2ccc(C(CC)CC)cc2)cc1. The standard InChI is InChI=1S/C21H28N2O/c1-4-7-16-24-21-14-12-20(13-15-21)23-22-19-10-8-18(9-11-19)17(5-2)6-3/h8-15,17H,4-7,16H2,1-3H3. The summed E-state index contributed by atoms with van der Waals surface area (Å²) < 4.78 is 5.65. The first-order valence-electron chi connectivity index (χ1n) is 9.01. The summed E-state index contributed by atoms with van der Waals surface area (Å²) in [4.78, 5) is 0. The Kier molecular flexibility index (Phi) is 7.47. The molecule has 2 aromatic rings. The van der Waals surface area contributed by atoms with Crippen molar-refractivity contribution in [2.24, 2.45) is 10.2 Å². The first-order chi connectivity index (χ1) is 11.8. The zero-order valence-corrected chi connectivity index (χ0v) is 15.0. The van der Waals surface area contributed by atoms with Crippen LogP contribution in [-0.2, 0) is 0 Å². The summed E-state index contributed by atoms with van der Waals surface area (Å²) >= 11 is 0. The van der Waals surface area contributed by atoms with E-state index < -0.39 is 0 Å². The molecule has 3 nitrogen and oxygen atoms in total. The zero-order chi connectivity index (χ0) is 17.2. The molecule has 0 spiro atoms. The summed E-state index contributed by atoms with van der Waals surface area (Å²) in [5.74, 6) is 1.52. The van der Waals surface area contributed by atoms with E-state index in [1.54, 1.807) is 0 Å². The van der Waals surface area contributed by atoms with Gasteiger partial charge in [0, 0.05) is 0 Å². The van der Waals surface area contributed by atoms with Gasteiger partial charge in [-0.15, -0.1) is 0 Å². The lowest BCUT2D eigenvalue weighted by molar-refractivity contribution is 0.309. The van der Waals surface area contributed by atoms with Crippen LogP contribution in [0.1, 0.15) is 57.9 Å². The van der Waals surface area contributed by atoms with Gasteiger partial charge < -0.3 is 4.74 Å². The predicted octanol–water partition coefficient (Wildman–Crippen LogP) is 7.18. The van der Waals surface area contributed by atoms with E-state index in [4.69, 9.17) is 4.74 Å². The van der Waals surface area contributed by atoms with E-state index in [1.165, 1.54) is 18.4 Å². The molecule has 0 atom stereocenters. The molecule has 0 bridgehead atoms. The van der Waals surface area contributed by atoms with E-state index in [9.17, 15) is 0 Å². The maximum atomic E-state index is 5.65. The van der Waals surface area contributed by atoms with E-state index in [-0.39, 0.29) is 0 Å². The van der Waals surface area contributed by atoms with Crippen molar-refractivity contribution in [2.45, 2.75) is 52.4 Å². The quantitative estimate of drug-likeness (QED) is 0.355. The van der Waals surface area contributed by atoms with E-state index in [0.29, 0.717) is 5.92 Å². The number of unbranched alkanes of at least 4 members (excludes halogenated alkanes) is 1. The normalized spacial score (nSPS) is 11.3. The predicted molar refractivity (Wildman–Crippen MR) is 101 cm³/mol. The molecule has 0 N–H and O–H groups in total. The van der Waals surface area contributed by atoms with Crippen LogP contribution in [0.3, 0.4) is 0 Å². The molecule has 0 radical (unpaired) electrons. The van der Waals surface area contributed by atoms with Gasteiger partial charge in [0.05, 0.1) is 18.0 Å². The van der Waals surface area contributed by atoms with Crippen molar-refractivity contribution < 1.29 is 4.74 Å². The second-order valence-corrected chi connectivity index (χ2v) is 6.00. The van der Waals surface area contributed by atoms with Crippen LogP contribution < -0.4 is 4.74 Å². The van der Waals surface area contributed by atoms with E-state index in [1.807, 2.05) is 36.4 Å². The number of hydrogen-bond donors (Lipinski definition) is 0. The minimum atomic E-state index is 0.635. The summed E-state index contributed by atoms with van der Waals surface area (Å²) in [6, 6.07) is 16.2. The largest absolute Gasteiger partial charge is 0.494 e. The number of benzene rings is 2. The number of nitrogens with zero attached hydrogens (tertiary/aromatic N) is 2. The van der Waals surface area contributed by atoms with Crippen LogP contribution in [-0.4, -0.2) is 6.61 Å². The first kappa shape index (κ1) is 18.2. The fourth-order valence-electron chi connectivity index (χ4n) is 2.63. The molecule has 2 aromatic carbocycles. The lowest BCUT2D eigenvalue weighted by Gasteiger charge is -2.12. The Labute approximate surface area is 145 Å². The number of rotatable bonds is 9. The Morgan fingerprint density at radius 3 is 1.83 bits per heavy atom. The van der Waals surface area contributed by atoms with Crippen LogP contribution >= 0.6 is 0 Å². The third-order valence-corrected chi connectivity index (χ3v) is 4.23. The molecule has 0 aliphatic rings. The van der Waals surface area contributed by atoms with Crippen molar-refractivity contribution in [1.82, 2.24) is 0 Å². The van der Waals surface area contributed by atoms with Gasteiger partial charge in [-0.2, -0.15) is 10.2 Å². The number of azo groups is 1. The second kappa shape index (κ2) is 9.86. The Hall–Kier alpha value is -2.16.